The molecule has 0 saturated heterocycles. The van der Waals surface area contributed by atoms with Gasteiger partial charge in [-0.3, -0.25) is 4.79 Å². The predicted octanol–water partition coefficient (Wildman–Crippen LogP) is 1.29. The minimum Gasteiger partial charge on any atom is -0.496 e. The van der Waals surface area contributed by atoms with E-state index in [2.05, 4.69) is 10.1 Å². The van der Waals surface area contributed by atoms with E-state index < -0.39 is 5.97 Å². The number of carbonyl (C=O) groups is 1. The minimum atomic E-state index is -0.889. The number of hydrogen-bond acceptors (Lipinski definition) is 5. The highest BCUT2D eigenvalue weighted by Gasteiger charge is 2.06. The van der Waals surface area contributed by atoms with Crippen LogP contribution in [0.3, 0.4) is 0 Å². The van der Waals surface area contributed by atoms with Crippen LogP contribution < -0.4 is 10.5 Å². The van der Waals surface area contributed by atoms with Crippen LogP contribution in [0.25, 0.3) is 0 Å². The summed E-state index contributed by atoms with van der Waals surface area (Å²) in [7, 11) is 1.52. The summed E-state index contributed by atoms with van der Waals surface area (Å²) < 4.78 is 6.71. The number of nitrogens with zero attached hydrogens (tertiary/aromatic N) is 3. The van der Waals surface area contributed by atoms with Gasteiger partial charge >= 0.3 is 5.97 Å². The van der Waals surface area contributed by atoms with Crippen LogP contribution in [0.2, 0.25) is 0 Å². The highest BCUT2D eigenvalue weighted by atomic mass is 16.5. The molecule has 0 spiro atoms. The van der Waals surface area contributed by atoms with Crippen LogP contribution in [-0.4, -0.2) is 34.1 Å². The Morgan fingerprint density at radius 1 is 1.57 bits per heavy atom. The van der Waals surface area contributed by atoms with Crippen molar-refractivity contribution in [2.75, 3.05) is 12.8 Å². The van der Waals surface area contributed by atoms with Crippen molar-refractivity contribution < 1.29 is 14.6 Å². The molecule has 21 heavy (non-hydrogen) atoms. The van der Waals surface area contributed by atoms with Crippen molar-refractivity contribution in [3.63, 3.8) is 0 Å². The summed E-state index contributed by atoms with van der Waals surface area (Å²) in [5.74, 6) is -0.0433. The van der Waals surface area contributed by atoms with Crippen molar-refractivity contribution in [3.8, 4) is 5.75 Å². The smallest absolute Gasteiger partial charge is 0.307 e. The van der Waals surface area contributed by atoms with Crippen LogP contribution in [0.15, 0.2) is 29.5 Å². The molecule has 0 saturated carbocycles. The number of ether oxygens (including phenoxy) is 1. The van der Waals surface area contributed by atoms with Gasteiger partial charge in [0.2, 0.25) is 5.95 Å². The molecule has 0 fully saturated rings. The summed E-state index contributed by atoms with van der Waals surface area (Å²) in [5, 5.41) is 13.0. The zero-order valence-electron chi connectivity index (χ0n) is 11.8. The number of carboxylic acids is 1. The molecule has 0 amide bonds. The van der Waals surface area contributed by atoms with Crippen molar-refractivity contribution in [1.29, 1.82) is 0 Å². The highest BCUT2D eigenvalue weighted by Crippen LogP contribution is 2.19. The van der Waals surface area contributed by atoms with Gasteiger partial charge in [-0.1, -0.05) is 6.07 Å². The summed E-state index contributed by atoms with van der Waals surface area (Å²) in [5.41, 5.74) is 7.85. The van der Waals surface area contributed by atoms with E-state index in [1.54, 1.807) is 30.6 Å². The molecule has 1 aromatic heterocycles. The van der Waals surface area contributed by atoms with E-state index in [9.17, 15) is 4.79 Å². The Hall–Kier alpha value is -2.83. The molecular formula is C14H16N4O3. The Balaban J connectivity index is 2.27. The van der Waals surface area contributed by atoms with Gasteiger partial charge in [-0.25, -0.2) is 9.66 Å². The Kier molecular flexibility index (Phi) is 4.22. The van der Waals surface area contributed by atoms with E-state index in [0.29, 0.717) is 17.3 Å². The first-order valence-electron chi connectivity index (χ1n) is 6.24. The first kappa shape index (κ1) is 14.6. The molecule has 110 valence electrons. The number of benzene rings is 1. The summed E-state index contributed by atoms with van der Waals surface area (Å²) in [6.07, 6.45) is 3.24. The van der Waals surface area contributed by atoms with E-state index in [4.69, 9.17) is 15.6 Å². The van der Waals surface area contributed by atoms with Gasteiger partial charge in [0, 0.05) is 5.56 Å². The van der Waals surface area contributed by atoms with Gasteiger partial charge in [0.1, 0.15) is 5.75 Å². The van der Waals surface area contributed by atoms with E-state index in [1.807, 2.05) is 6.92 Å². The molecule has 7 nitrogen and oxygen atoms in total. The van der Waals surface area contributed by atoms with Gasteiger partial charge in [0.15, 0.2) is 0 Å². The van der Waals surface area contributed by atoms with Gasteiger partial charge < -0.3 is 15.6 Å². The second-order valence-corrected chi connectivity index (χ2v) is 4.48. The van der Waals surface area contributed by atoms with Crippen LogP contribution >= 0.6 is 0 Å². The van der Waals surface area contributed by atoms with Crippen LogP contribution in [0.4, 0.5) is 5.95 Å². The summed E-state index contributed by atoms with van der Waals surface area (Å²) in [6.45, 7) is 1.82. The quantitative estimate of drug-likeness (QED) is 0.807. The molecule has 1 aromatic carbocycles. The van der Waals surface area contributed by atoms with Gasteiger partial charge in [0.05, 0.1) is 31.6 Å². The Morgan fingerprint density at radius 2 is 2.33 bits per heavy atom. The second-order valence-electron chi connectivity index (χ2n) is 4.48. The normalized spacial score (nSPS) is 11.0. The van der Waals surface area contributed by atoms with E-state index >= 15 is 0 Å². The van der Waals surface area contributed by atoms with Crippen molar-refractivity contribution in [3.05, 3.63) is 41.2 Å². The fraction of sp³-hybridized carbons (Fsp3) is 0.214. The molecular weight excluding hydrogens is 272 g/mol. The SMILES string of the molecule is COc1cc(CC(=O)O)ccc1C=Nn1cc(C)nc1N. The van der Waals surface area contributed by atoms with E-state index in [0.717, 1.165) is 11.3 Å². The number of hydrogen-bond donors (Lipinski definition) is 2. The van der Waals surface area contributed by atoms with Crippen LogP contribution in [-0.2, 0) is 11.2 Å². The number of aromatic nitrogens is 2. The number of nitrogens with two attached hydrogens (primary N) is 1. The molecule has 3 N–H and O–H groups in total. The number of carboxylic acid groups (broad SMARTS) is 1. The van der Waals surface area contributed by atoms with E-state index in [1.165, 1.54) is 11.8 Å². The van der Waals surface area contributed by atoms with Gasteiger partial charge in [0.25, 0.3) is 0 Å². The lowest BCUT2D eigenvalue weighted by atomic mass is 10.1. The average Bonchev–Trinajstić information content (AvgIpc) is 2.74. The van der Waals surface area contributed by atoms with Crippen LogP contribution in [0.5, 0.6) is 5.75 Å². The lowest BCUT2D eigenvalue weighted by molar-refractivity contribution is -0.136. The number of imidazole rings is 1. The van der Waals surface area contributed by atoms with E-state index in [-0.39, 0.29) is 6.42 Å². The van der Waals surface area contributed by atoms with Crippen molar-refractivity contribution >= 4 is 18.1 Å². The van der Waals surface area contributed by atoms with Crippen molar-refractivity contribution in [2.45, 2.75) is 13.3 Å². The molecule has 0 atom stereocenters. The molecule has 1 heterocycles. The standard InChI is InChI=1S/C14H16N4O3/c1-9-8-18(14(15)17-9)16-7-11-4-3-10(6-13(19)20)5-12(11)21-2/h3-5,7-8H,6H2,1-2H3,(H2,15,17)(H,19,20). The molecule has 0 aliphatic heterocycles. The largest absolute Gasteiger partial charge is 0.496 e. The van der Waals surface area contributed by atoms with Crippen molar-refractivity contribution in [1.82, 2.24) is 9.66 Å². The Morgan fingerprint density at radius 3 is 2.90 bits per heavy atom. The maximum absolute atomic E-state index is 10.7. The predicted molar refractivity (Wildman–Crippen MR) is 78.7 cm³/mol. The molecule has 0 unspecified atom stereocenters. The third-order valence-electron chi connectivity index (χ3n) is 2.81. The number of methoxy groups -OCH3 is 1. The van der Waals surface area contributed by atoms with Crippen molar-refractivity contribution in [2.24, 2.45) is 5.10 Å². The lowest BCUT2D eigenvalue weighted by Gasteiger charge is -2.06. The highest BCUT2D eigenvalue weighted by molar-refractivity contribution is 5.84. The third kappa shape index (κ3) is 3.59. The fourth-order valence-corrected chi connectivity index (χ4v) is 1.87. The van der Waals surface area contributed by atoms with Crippen LogP contribution in [0, 0.1) is 6.92 Å². The summed E-state index contributed by atoms with van der Waals surface area (Å²) in [6, 6.07) is 5.15. The zero-order valence-corrected chi connectivity index (χ0v) is 11.8. The molecule has 2 rings (SSSR count). The summed E-state index contributed by atoms with van der Waals surface area (Å²) >= 11 is 0. The van der Waals surface area contributed by atoms with Gasteiger partial charge in [-0.05, 0) is 24.6 Å². The molecule has 2 aromatic rings. The monoisotopic (exact) mass is 288 g/mol. The number of nitrogen functional groups attached to an aromatic ring is 1. The number of anilines is 1. The third-order valence-corrected chi connectivity index (χ3v) is 2.81. The zero-order chi connectivity index (χ0) is 15.4. The second kappa shape index (κ2) is 6.08. The lowest BCUT2D eigenvalue weighted by Crippen LogP contribution is -2.02. The molecule has 0 radical (unpaired) electrons. The van der Waals surface area contributed by atoms with Gasteiger partial charge in [-0.15, -0.1) is 0 Å². The minimum absolute atomic E-state index is 0.0541. The summed E-state index contributed by atoms with van der Waals surface area (Å²) in [4.78, 5) is 14.8. The topological polar surface area (TPSA) is 103 Å². The maximum atomic E-state index is 10.7. The molecule has 0 aliphatic carbocycles. The van der Waals surface area contributed by atoms with Gasteiger partial charge in [-0.2, -0.15) is 5.10 Å². The first-order chi connectivity index (χ1) is 9.99. The maximum Gasteiger partial charge on any atom is 0.307 e. The Labute approximate surface area is 121 Å². The number of rotatable bonds is 5. The Bertz CT molecular complexity index is 692. The fourth-order valence-electron chi connectivity index (χ4n) is 1.87. The molecule has 7 heteroatoms. The molecule has 0 aliphatic rings. The molecule has 0 bridgehead atoms. The first-order valence-corrected chi connectivity index (χ1v) is 6.24. The average molecular weight is 288 g/mol. The van der Waals surface area contributed by atoms with Crippen LogP contribution in [0.1, 0.15) is 16.8 Å². The number of aryl methyl sites for hydroxylation is 1. The number of aliphatic carboxylic acids is 1.